The van der Waals surface area contributed by atoms with Crippen LogP contribution in [0.4, 0.5) is 11.4 Å². The molecule has 0 amide bonds. The van der Waals surface area contributed by atoms with E-state index in [1.807, 2.05) is 6.92 Å². The first-order valence-corrected chi connectivity index (χ1v) is 9.89. The van der Waals surface area contributed by atoms with Crippen LogP contribution in [-0.4, -0.2) is 36.8 Å². The zero-order chi connectivity index (χ0) is 17.3. The van der Waals surface area contributed by atoms with Crippen LogP contribution in [0.15, 0.2) is 23.1 Å². The van der Waals surface area contributed by atoms with Gasteiger partial charge in [0.25, 0.3) is 5.69 Å². The van der Waals surface area contributed by atoms with Gasteiger partial charge < -0.3 is 5.32 Å². The normalized spacial score (nSPS) is 20.5. The van der Waals surface area contributed by atoms with Gasteiger partial charge in [-0.3, -0.25) is 10.1 Å². The van der Waals surface area contributed by atoms with E-state index in [0.29, 0.717) is 24.7 Å². The molecular weight excluding hydrogens is 330 g/mol. The van der Waals surface area contributed by atoms with E-state index >= 15 is 0 Å². The summed E-state index contributed by atoms with van der Waals surface area (Å²) in [6.07, 6.45) is 4.95. The third kappa shape index (κ3) is 3.54. The van der Waals surface area contributed by atoms with Crippen LogP contribution in [0, 0.1) is 16.0 Å². The van der Waals surface area contributed by atoms with Crippen LogP contribution in [0.2, 0.25) is 0 Å². The summed E-state index contributed by atoms with van der Waals surface area (Å²) in [6.45, 7) is 2.96. The van der Waals surface area contributed by atoms with Crippen LogP contribution in [0.1, 0.15) is 39.0 Å². The molecule has 1 aromatic carbocycles. The SMILES string of the molecule is CC(Nc1ccc(S(=O)(=O)N2CCCCC2)cc1[N+](=O)[O-])C1CC1. The second-order valence-electron chi connectivity index (χ2n) is 6.67. The van der Waals surface area contributed by atoms with Crippen LogP contribution in [0.25, 0.3) is 0 Å². The number of rotatable bonds is 6. The van der Waals surface area contributed by atoms with Crippen molar-refractivity contribution in [3.8, 4) is 0 Å². The first-order valence-electron chi connectivity index (χ1n) is 8.45. The van der Waals surface area contributed by atoms with Gasteiger partial charge >= 0.3 is 0 Å². The molecule has 0 bridgehead atoms. The average molecular weight is 353 g/mol. The summed E-state index contributed by atoms with van der Waals surface area (Å²) in [7, 11) is -3.67. The number of benzene rings is 1. The number of nitro groups is 1. The van der Waals surface area contributed by atoms with Gasteiger partial charge in [-0.25, -0.2) is 8.42 Å². The van der Waals surface area contributed by atoms with Crippen molar-refractivity contribution >= 4 is 21.4 Å². The standard InChI is InChI=1S/C16H23N3O4S/c1-12(13-5-6-13)17-15-8-7-14(11-16(15)19(20)21)24(22,23)18-9-3-2-4-10-18/h7-8,11-13,17H,2-6,9-10H2,1H3. The molecule has 0 radical (unpaired) electrons. The van der Waals surface area contributed by atoms with Crippen molar-refractivity contribution in [3.05, 3.63) is 28.3 Å². The van der Waals surface area contributed by atoms with Gasteiger partial charge in [0, 0.05) is 25.2 Å². The number of nitrogens with zero attached hydrogens (tertiary/aromatic N) is 2. The highest BCUT2D eigenvalue weighted by Gasteiger charge is 2.31. The summed E-state index contributed by atoms with van der Waals surface area (Å²) in [4.78, 5) is 10.9. The van der Waals surface area contributed by atoms with E-state index in [2.05, 4.69) is 5.32 Å². The fraction of sp³-hybridized carbons (Fsp3) is 0.625. The Hall–Kier alpha value is -1.67. The van der Waals surface area contributed by atoms with E-state index in [4.69, 9.17) is 0 Å². The second-order valence-corrected chi connectivity index (χ2v) is 8.61. The predicted octanol–water partition coefficient (Wildman–Crippen LogP) is 2.98. The third-order valence-corrected chi connectivity index (χ3v) is 6.73. The minimum Gasteiger partial charge on any atom is -0.377 e. The first-order chi connectivity index (χ1) is 11.4. The molecule has 1 saturated heterocycles. The van der Waals surface area contributed by atoms with Crippen LogP contribution in [0.3, 0.4) is 0 Å². The Kier molecular flexibility index (Phi) is 4.78. The quantitative estimate of drug-likeness (QED) is 0.627. The maximum atomic E-state index is 12.7. The number of nitrogens with one attached hydrogen (secondary N) is 1. The lowest BCUT2D eigenvalue weighted by Crippen LogP contribution is -2.35. The van der Waals surface area contributed by atoms with Crippen molar-refractivity contribution in [2.45, 2.75) is 50.0 Å². The predicted molar refractivity (Wildman–Crippen MR) is 91.5 cm³/mol. The topological polar surface area (TPSA) is 92.6 Å². The number of anilines is 1. The smallest absolute Gasteiger partial charge is 0.293 e. The van der Waals surface area contributed by atoms with Gasteiger partial charge in [-0.05, 0) is 50.7 Å². The molecule has 3 rings (SSSR count). The molecule has 132 valence electrons. The molecule has 1 N–H and O–H groups in total. The molecule has 1 aliphatic carbocycles. The second kappa shape index (κ2) is 6.68. The Morgan fingerprint density at radius 3 is 2.50 bits per heavy atom. The zero-order valence-electron chi connectivity index (χ0n) is 13.8. The van der Waals surface area contributed by atoms with Crippen LogP contribution in [-0.2, 0) is 10.0 Å². The van der Waals surface area contributed by atoms with Gasteiger partial charge in [-0.2, -0.15) is 4.31 Å². The van der Waals surface area contributed by atoms with Gasteiger partial charge in [0.05, 0.1) is 9.82 Å². The Morgan fingerprint density at radius 1 is 1.25 bits per heavy atom. The Balaban J connectivity index is 1.89. The summed E-state index contributed by atoms with van der Waals surface area (Å²) < 4.78 is 26.8. The Morgan fingerprint density at radius 2 is 1.92 bits per heavy atom. The van der Waals surface area contributed by atoms with Crippen molar-refractivity contribution in [2.24, 2.45) is 5.92 Å². The molecular formula is C16H23N3O4S. The molecule has 1 heterocycles. The lowest BCUT2D eigenvalue weighted by atomic mass is 10.2. The highest BCUT2D eigenvalue weighted by molar-refractivity contribution is 7.89. The van der Waals surface area contributed by atoms with Gasteiger partial charge in [0.2, 0.25) is 10.0 Å². The number of sulfonamides is 1. The molecule has 1 unspecified atom stereocenters. The fourth-order valence-electron chi connectivity index (χ4n) is 3.16. The zero-order valence-corrected chi connectivity index (χ0v) is 14.6. The van der Waals surface area contributed by atoms with Gasteiger partial charge in [0.15, 0.2) is 0 Å². The van der Waals surface area contributed by atoms with E-state index in [0.717, 1.165) is 32.1 Å². The molecule has 7 nitrogen and oxygen atoms in total. The first kappa shape index (κ1) is 17.2. The number of nitro benzene ring substituents is 1. The van der Waals surface area contributed by atoms with Crippen molar-refractivity contribution in [1.82, 2.24) is 4.31 Å². The molecule has 1 saturated carbocycles. The van der Waals surface area contributed by atoms with Crippen LogP contribution >= 0.6 is 0 Å². The monoisotopic (exact) mass is 353 g/mol. The largest absolute Gasteiger partial charge is 0.377 e. The summed E-state index contributed by atoms with van der Waals surface area (Å²) in [5, 5.41) is 14.6. The molecule has 0 aromatic heterocycles. The van der Waals surface area contributed by atoms with Crippen LogP contribution in [0.5, 0.6) is 0 Å². The van der Waals surface area contributed by atoms with E-state index in [1.54, 1.807) is 0 Å². The number of piperidine rings is 1. The molecule has 8 heteroatoms. The molecule has 1 aromatic rings. The highest BCUT2D eigenvalue weighted by atomic mass is 32.2. The molecule has 1 aliphatic heterocycles. The maximum absolute atomic E-state index is 12.7. The molecule has 1 atom stereocenters. The maximum Gasteiger partial charge on any atom is 0.293 e. The highest BCUT2D eigenvalue weighted by Crippen LogP contribution is 2.36. The van der Waals surface area contributed by atoms with Gasteiger partial charge in [-0.15, -0.1) is 0 Å². The summed E-state index contributed by atoms with van der Waals surface area (Å²) in [6, 6.07) is 4.33. The van der Waals surface area contributed by atoms with Gasteiger partial charge in [-0.1, -0.05) is 6.42 Å². The minimum absolute atomic E-state index is 0.000671. The lowest BCUT2D eigenvalue weighted by molar-refractivity contribution is -0.384. The summed E-state index contributed by atoms with van der Waals surface area (Å²) in [5.41, 5.74) is 0.206. The summed E-state index contributed by atoms with van der Waals surface area (Å²) >= 11 is 0. The Labute approximate surface area is 142 Å². The van der Waals surface area contributed by atoms with Crippen LogP contribution < -0.4 is 5.32 Å². The number of hydrogen-bond acceptors (Lipinski definition) is 5. The van der Waals surface area contributed by atoms with Gasteiger partial charge in [0.1, 0.15) is 5.69 Å². The molecule has 24 heavy (non-hydrogen) atoms. The Bertz CT molecular complexity index is 725. The van der Waals surface area contributed by atoms with E-state index in [1.165, 1.54) is 22.5 Å². The average Bonchev–Trinajstić information content (AvgIpc) is 3.40. The molecule has 2 fully saturated rings. The fourth-order valence-corrected chi connectivity index (χ4v) is 4.70. The molecule has 2 aliphatic rings. The van der Waals surface area contributed by atoms with E-state index in [9.17, 15) is 18.5 Å². The lowest BCUT2D eigenvalue weighted by Gasteiger charge is -2.26. The van der Waals surface area contributed by atoms with E-state index in [-0.39, 0.29) is 16.6 Å². The number of hydrogen-bond donors (Lipinski definition) is 1. The third-order valence-electron chi connectivity index (χ3n) is 4.83. The minimum atomic E-state index is -3.67. The molecule has 0 spiro atoms. The summed E-state index contributed by atoms with van der Waals surface area (Å²) in [5.74, 6) is 0.543. The van der Waals surface area contributed by atoms with Crippen molar-refractivity contribution in [2.75, 3.05) is 18.4 Å². The van der Waals surface area contributed by atoms with E-state index < -0.39 is 14.9 Å². The van der Waals surface area contributed by atoms with Crippen molar-refractivity contribution in [1.29, 1.82) is 0 Å². The van der Waals surface area contributed by atoms with Crippen molar-refractivity contribution in [3.63, 3.8) is 0 Å². The van der Waals surface area contributed by atoms with Crippen molar-refractivity contribution < 1.29 is 13.3 Å².